The average molecular weight is 403 g/mol. The zero-order chi connectivity index (χ0) is 20.8. The number of H-pyrrole nitrogens is 1. The molecule has 4 heterocycles. The number of nitrogens with one attached hydrogen (secondary N) is 2. The Labute approximate surface area is 172 Å². The quantitative estimate of drug-likeness (QED) is 0.542. The average Bonchev–Trinajstić information content (AvgIpc) is 3.31. The zero-order valence-corrected chi connectivity index (χ0v) is 16.9. The Hall–Kier alpha value is -3.75. The molecule has 0 unspecified atom stereocenters. The van der Waals surface area contributed by atoms with Crippen molar-refractivity contribution in [2.75, 3.05) is 5.32 Å². The molecular weight excluding hydrogens is 382 g/mol. The Kier molecular flexibility index (Phi) is 4.23. The summed E-state index contributed by atoms with van der Waals surface area (Å²) in [6, 6.07) is 7.91. The second kappa shape index (κ2) is 6.94. The van der Waals surface area contributed by atoms with E-state index >= 15 is 0 Å². The van der Waals surface area contributed by atoms with Crippen LogP contribution in [0.1, 0.15) is 43.0 Å². The zero-order valence-electron chi connectivity index (χ0n) is 16.9. The van der Waals surface area contributed by atoms with Crippen molar-refractivity contribution in [2.24, 2.45) is 0 Å². The van der Waals surface area contributed by atoms with Gasteiger partial charge < -0.3 is 15.0 Å². The summed E-state index contributed by atoms with van der Waals surface area (Å²) in [5.74, 6) is 1.75. The highest BCUT2D eigenvalue weighted by Gasteiger charge is 2.33. The van der Waals surface area contributed by atoms with Crippen LogP contribution in [-0.2, 0) is 4.79 Å². The van der Waals surface area contributed by atoms with Gasteiger partial charge >= 0.3 is 0 Å². The summed E-state index contributed by atoms with van der Waals surface area (Å²) in [6.07, 6.45) is 3.42. The van der Waals surface area contributed by atoms with E-state index in [-0.39, 0.29) is 17.9 Å². The predicted octanol–water partition coefficient (Wildman–Crippen LogP) is 3.11. The largest absolute Gasteiger partial charge is 0.491 e. The number of benzene rings is 1. The van der Waals surface area contributed by atoms with Crippen LogP contribution in [-0.4, -0.2) is 41.7 Å². The number of imidazole rings is 1. The maximum absolute atomic E-state index is 12.6. The Morgan fingerprint density at radius 2 is 2.10 bits per heavy atom. The molecule has 1 aliphatic rings. The number of carbonyl (C=O) groups excluding carboxylic acids is 1. The van der Waals surface area contributed by atoms with Crippen molar-refractivity contribution in [1.29, 1.82) is 0 Å². The van der Waals surface area contributed by atoms with Crippen LogP contribution in [0, 0.1) is 6.92 Å². The lowest BCUT2D eigenvalue weighted by Gasteiger charge is -2.25. The van der Waals surface area contributed by atoms with E-state index in [0.29, 0.717) is 29.2 Å². The van der Waals surface area contributed by atoms with E-state index in [1.165, 1.54) is 6.33 Å². The summed E-state index contributed by atoms with van der Waals surface area (Å²) < 4.78 is 7.51. The first-order valence-corrected chi connectivity index (χ1v) is 9.81. The Morgan fingerprint density at radius 1 is 1.23 bits per heavy atom. The Balaban J connectivity index is 1.65. The molecular formula is C21H21N7O2. The molecule has 3 aromatic heterocycles. The van der Waals surface area contributed by atoms with Crippen LogP contribution < -0.4 is 10.1 Å². The third-order valence-electron chi connectivity index (χ3n) is 5.14. The molecule has 2 N–H and O–H groups in total. The van der Waals surface area contributed by atoms with E-state index in [1.54, 1.807) is 11.0 Å². The molecule has 30 heavy (non-hydrogen) atoms. The second-order valence-electron chi connectivity index (χ2n) is 7.60. The number of aryl methyl sites for hydroxylation is 1. The highest BCUT2D eigenvalue weighted by atomic mass is 16.5. The number of hydrogen-bond acceptors (Lipinski definition) is 6. The van der Waals surface area contributed by atoms with E-state index in [4.69, 9.17) is 9.84 Å². The maximum atomic E-state index is 12.6. The lowest BCUT2D eigenvalue weighted by molar-refractivity contribution is -0.116. The number of rotatable bonds is 4. The number of aromatic nitrogens is 6. The smallest absolute Gasteiger partial charge is 0.226 e. The number of ether oxygens (including phenoxy) is 1. The molecule has 0 bridgehead atoms. The summed E-state index contributed by atoms with van der Waals surface area (Å²) in [7, 11) is 0. The van der Waals surface area contributed by atoms with E-state index in [9.17, 15) is 4.79 Å². The summed E-state index contributed by atoms with van der Waals surface area (Å²) >= 11 is 0. The monoisotopic (exact) mass is 403 g/mol. The SMILES string of the molecule is Cc1nn(-c2ncnc3nc[nH]c23)c2c1[C@H](c1cccc(OC(C)C)c1)CC(=O)N2. The first kappa shape index (κ1) is 18.3. The molecule has 1 aromatic carbocycles. The van der Waals surface area contributed by atoms with Gasteiger partial charge in [0, 0.05) is 17.9 Å². The van der Waals surface area contributed by atoms with Crippen molar-refractivity contribution in [1.82, 2.24) is 29.7 Å². The normalized spacial score (nSPS) is 16.0. The van der Waals surface area contributed by atoms with Crippen molar-refractivity contribution < 1.29 is 9.53 Å². The molecule has 0 spiro atoms. The van der Waals surface area contributed by atoms with Gasteiger partial charge in [0.15, 0.2) is 11.5 Å². The fraction of sp³-hybridized carbons (Fsp3) is 0.286. The van der Waals surface area contributed by atoms with Gasteiger partial charge in [-0.25, -0.2) is 15.0 Å². The molecule has 0 saturated carbocycles. The van der Waals surface area contributed by atoms with Crippen molar-refractivity contribution in [3.63, 3.8) is 0 Å². The molecule has 1 aliphatic heterocycles. The van der Waals surface area contributed by atoms with Crippen LogP contribution in [0.15, 0.2) is 36.9 Å². The number of nitrogens with zero attached hydrogens (tertiary/aromatic N) is 5. The van der Waals surface area contributed by atoms with Crippen LogP contribution in [0.2, 0.25) is 0 Å². The van der Waals surface area contributed by atoms with E-state index < -0.39 is 0 Å². The molecule has 0 radical (unpaired) electrons. The molecule has 0 saturated heterocycles. The van der Waals surface area contributed by atoms with Gasteiger partial charge in [-0.1, -0.05) is 12.1 Å². The number of carbonyl (C=O) groups is 1. The Bertz CT molecular complexity index is 1260. The van der Waals surface area contributed by atoms with Gasteiger partial charge in [0.05, 0.1) is 18.1 Å². The van der Waals surface area contributed by atoms with Crippen LogP contribution >= 0.6 is 0 Å². The summed E-state index contributed by atoms with van der Waals surface area (Å²) in [4.78, 5) is 28.4. The molecule has 9 nitrogen and oxygen atoms in total. The molecule has 1 atom stereocenters. The number of amides is 1. The van der Waals surface area contributed by atoms with E-state index in [0.717, 1.165) is 22.6 Å². The van der Waals surface area contributed by atoms with Gasteiger partial charge in [0.1, 0.15) is 23.4 Å². The predicted molar refractivity (Wildman–Crippen MR) is 111 cm³/mol. The molecule has 1 amide bonds. The van der Waals surface area contributed by atoms with Crippen molar-refractivity contribution >= 4 is 22.9 Å². The van der Waals surface area contributed by atoms with Crippen LogP contribution in [0.4, 0.5) is 5.82 Å². The first-order chi connectivity index (χ1) is 14.5. The second-order valence-corrected chi connectivity index (χ2v) is 7.60. The van der Waals surface area contributed by atoms with E-state index in [1.807, 2.05) is 45.0 Å². The highest BCUT2D eigenvalue weighted by Crippen LogP contribution is 2.41. The van der Waals surface area contributed by atoms with Crippen LogP contribution in [0.5, 0.6) is 5.75 Å². The lowest BCUT2D eigenvalue weighted by atomic mass is 9.85. The minimum atomic E-state index is -0.127. The van der Waals surface area contributed by atoms with Gasteiger partial charge in [-0.15, -0.1) is 0 Å². The fourth-order valence-electron chi connectivity index (χ4n) is 3.97. The van der Waals surface area contributed by atoms with Crippen molar-refractivity contribution in [3.8, 4) is 11.6 Å². The molecule has 152 valence electrons. The summed E-state index contributed by atoms with van der Waals surface area (Å²) in [5.41, 5.74) is 4.02. The minimum Gasteiger partial charge on any atom is -0.491 e. The third-order valence-corrected chi connectivity index (χ3v) is 5.14. The van der Waals surface area contributed by atoms with Crippen molar-refractivity contribution in [3.05, 3.63) is 53.7 Å². The number of hydrogen-bond donors (Lipinski definition) is 2. The third kappa shape index (κ3) is 2.99. The topological polar surface area (TPSA) is 111 Å². The maximum Gasteiger partial charge on any atom is 0.226 e. The Morgan fingerprint density at radius 3 is 2.93 bits per heavy atom. The number of anilines is 1. The highest BCUT2D eigenvalue weighted by molar-refractivity contribution is 5.95. The van der Waals surface area contributed by atoms with Crippen LogP contribution in [0.25, 0.3) is 17.0 Å². The number of aromatic amines is 1. The summed E-state index contributed by atoms with van der Waals surface area (Å²) in [6.45, 7) is 5.93. The molecule has 0 fully saturated rings. The first-order valence-electron chi connectivity index (χ1n) is 9.81. The standard InChI is InChI=1S/C21H21N7O2/c1-11(2)30-14-6-4-5-13(7-14)15-8-16(29)26-20-17(15)12(3)27-28(20)21-18-19(23-9-22-18)24-10-25-21/h4-7,9-11,15H,8H2,1-3H3,(H,26,29)(H,22,23,24,25)/t15-/m0/s1. The van der Waals surface area contributed by atoms with Gasteiger partial charge in [-0.05, 0) is 38.5 Å². The molecule has 4 aromatic rings. The fourth-order valence-corrected chi connectivity index (χ4v) is 3.97. The van der Waals surface area contributed by atoms with Crippen LogP contribution in [0.3, 0.4) is 0 Å². The molecule has 5 rings (SSSR count). The summed E-state index contributed by atoms with van der Waals surface area (Å²) in [5, 5.41) is 7.69. The van der Waals surface area contributed by atoms with Gasteiger partial charge in [0.2, 0.25) is 5.91 Å². The van der Waals surface area contributed by atoms with Gasteiger partial charge in [-0.3, -0.25) is 4.79 Å². The number of fused-ring (bicyclic) bond motifs is 2. The molecule has 9 heteroatoms. The van der Waals surface area contributed by atoms with E-state index in [2.05, 4.69) is 25.3 Å². The van der Waals surface area contributed by atoms with Crippen molar-refractivity contribution in [2.45, 2.75) is 39.2 Å². The molecule has 0 aliphatic carbocycles. The van der Waals surface area contributed by atoms with Gasteiger partial charge in [-0.2, -0.15) is 9.78 Å². The lowest BCUT2D eigenvalue weighted by Crippen LogP contribution is -2.25. The van der Waals surface area contributed by atoms with Gasteiger partial charge in [0.25, 0.3) is 0 Å². The minimum absolute atomic E-state index is 0.0706.